The molecule has 0 aromatic heterocycles. The molecule has 1 N–H and O–H groups in total. The lowest BCUT2D eigenvalue weighted by atomic mass is 10.1. The molecule has 0 aliphatic carbocycles. The van der Waals surface area contributed by atoms with Crippen LogP contribution in [-0.2, 0) is 4.79 Å². The third kappa shape index (κ3) is 2.58. The Bertz CT molecular complexity index is 432. The van der Waals surface area contributed by atoms with Crippen molar-refractivity contribution >= 4 is 17.3 Å². The van der Waals surface area contributed by atoms with Gasteiger partial charge < -0.3 is 15.0 Å². The molecule has 0 bridgehead atoms. The standard InChI is InChI=1S/C14H20N2O2/c1-3-8-16-10-13(17)15-14-11(16)6-5-7-12(14)18-9-4-2/h5-7H,3-4,8-10H2,1-2H3,(H,15,17). The maximum Gasteiger partial charge on any atom is 0.244 e. The average Bonchev–Trinajstić information content (AvgIpc) is 2.36. The van der Waals surface area contributed by atoms with Gasteiger partial charge in [-0.25, -0.2) is 0 Å². The van der Waals surface area contributed by atoms with Crippen LogP contribution in [0.25, 0.3) is 0 Å². The van der Waals surface area contributed by atoms with Gasteiger partial charge in [-0.05, 0) is 25.0 Å². The van der Waals surface area contributed by atoms with E-state index in [0.717, 1.165) is 36.5 Å². The SMILES string of the molecule is CCCOc1cccc2c1NC(=O)CN2CCC. The second-order valence-electron chi connectivity index (χ2n) is 4.47. The molecule has 1 aliphatic rings. The molecule has 1 aromatic rings. The molecule has 0 unspecified atom stereocenters. The lowest BCUT2D eigenvalue weighted by molar-refractivity contribution is -0.115. The van der Waals surface area contributed by atoms with Gasteiger partial charge in [0.2, 0.25) is 5.91 Å². The zero-order valence-corrected chi connectivity index (χ0v) is 11.0. The minimum Gasteiger partial charge on any atom is -0.491 e. The number of anilines is 2. The van der Waals surface area contributed by atoms with Gasteiger partial charge >= 0.3 is 0 Å². The number of hydrogen-bond acceptors (Lipinski definition) is 3. The van der Waals surface area contributed by atoms with Crippen molar-refractivity contribution in [2.45, 2.75) is 26.7 Å². The highest BCUT2D eigenvalue weighted by molar-refractivity contribution is 6.02. The van der Waals surface area contributed by atoms with E-state index in [9.17, 15) is 4.79 Å². The summed E-state index contributed by atoms with van der Waals surface area (Å²) in [5.74, 6) is 0.798. The van der Waals surface area contributed by atoms with E-state index in [1.54, 1.807) is 0 Å². The minimum atomic E-state index is 0.0310. The first-order valence-corrected chi connectivity index (χ1v) is 6.56. The Morgan fingerprint density at radius 3 is 2.89 bits per heavy atom. The molecule has 0 saturated heterocycles. The molecule has 1 amide bonds. The summed E-state index contributed by atoms with van der Waals surface area (Å²) in [5.41, 5.74) is 1.88. The molecule has 1 aliphatic heterocycles. The number of carbonyl (C=O) groups is 1. The maximum atomic E-state index is 11.7. The van der Waals surface area contributed by atoms with E-state index in [2.05, 4.69) is 24.1 Å². The van der Waals surface area contributed by atoms with Gasteiger partial charge in [-0.15, -0.1) is 0 Å². The lowest BCUT2D eigenvalue weighted by Crippen LogP contribution is -2.38. The van der Waals surface area contributed by atoms with E-state index in [1.165, 1.54) is 0 Å². The molecule has 1 heterocycles. The molecule has 0 radical (unpaired) electrons. The Kier molecular flexibility index (Phi) is 4.07. The molecule has 18 heavy (non-hydrogen) atoms. The summed E-state index contributed by atoms with van der Waals surface area (Å²) in [5, 5.41) is 2.92. The van der Waals surface area contributed by atoms with E-state index in [0.29, 0.717) is 13.2 Å². The number of para-hydroxylation sites is 1. The van der Waals surface area contributed by atoms with Crippen molar-refractivity contribution in [2.24, 2.45) is 0 Å². The van der Waals surface area contributed by atoms with Crippen LogP contribution in [0.2, 0.25) is 0 Å². The summed E-state index contributed by atoms with van der Waals surface area (Å²) in [7, 11) is 0. The second-order valence-corrected chi connectivity index (χ2v) is 4.47. The number of hydrogen-bond donors (Lipinski definition) is 1. The van der Waals surface area contributed by atoms with Crippen molar-refractivity contribution in [1.29, 1.82) is 0 Å². The number of benzene rings is 1. The fourth-order valence-electron chi connectivity index (χ4n) is 2.15. The number of rotatable bonds is 5. The molecule has 1 aromatic carbocycles. The van der Waals surface area contributed by atoms with Crippen LogP contribution < -0.4 is 15.0 Å². The number of carbonyl (C=O) groups excluding carboxylic acids is 1. The maximum absolute atomic E-state index is 11.7. The monoisotopic (exact) mass is 248 g/mol. The smallest absolute Gasteiger partial charge is 0.244 e. The van der Waals surface area contributed by atoms with Gasteiger partial charge in [0.1, 0.15) is 11.4 Å². The molecule has 0 fully saturated rings. The van der Waals surface area contributed by atoms with Crippen LogP contribution in [0.15, 0.2) is 18.2 Å². The first-order valence-electron chi connectivity index (χ1n) is 6.56. The van der Waals surface area contributed by atoms with Gasteiger partial charge in [0.25, 0.3) is 0 Å². The Hall–Kier alpha value is -1.71. The van der Waals surface area contributed by atoms with E-state index >= 15 is 0 Å². The van der Waals surface area contributed by atoms with Crippen molar-refractivity contribution in [2.75, 3.05) is 29.9 Å². The fourth-order valence-corrected chi connectivity index (χ4v) is 2.15. The third-order valence-electron chi connectivity index (χ3n) is 2.90. The van der Waals surface area contributed by atoms with E-state index < -0.39 is 0 Å². The fraction of sp³-hybridized carbons (Fsp3) is 0.500. The highest BCUT2D eigenvalue weighted by Gasteiger charge is 2.23. The van der Waals surface area contributed by atoms with E-state index in [-0.39, 0.29) is 5.91 Å². The topological polar surface area (TPSA) is 41.6 Å². The van der Waals surface area contributed by atoms with Crippen LogP contribution in [0.5, 0.6) is 5.75 Å². The van der Waals surface area contributed by atoms with Crippen LogP contribution in [0.3, 0.4) is 0 Å². The molecule has 4 nitrogen and oxygen atoms in total. The number of ether oxygens (including phenoxy) is 1. The van der Waals surface area contributed by atoms with Gasteiger partial charge in [-0.1, -0.05) is 19.9 Å². The first kappa shape index (κ1) is 12.7. The molecule has 2 rings (SSSR count). The van der Waals surface area contributed by atoms with E-state index in [4.69, 9.17) is 4.74 Å². The molecular formula is C14H20N2O2. The summed E-state index contributed by atoms with van der Waals surface area (Å²) < 4.78 is 5.69. The van der Waals surface area contributed by atoms with Crippen molar-refractivity contribution in [1.82, 2.24) is 0 Å². The Balaban J connectivity index is 2.31. The van der Waals surface area contributed by atoms with Crippen molar-refractivity contribution in [3.05, 3.63) is 18.2 Å². The molecule has 98 valence electrons. The second kappa shape index (κ2) is 5.76. The van der Waals surface area contributed by atoms with Gasteiger partial charge in [0.05, 0.1) is 18.8 Å². The van der Waals surface area contributed by atoms with Crippen LogP contribution in [-0.4, -0.2) is 25.6 Å². The summed E-state index contributed by atoms with van der Waals surface area (Å²) in [6.45, 7) is 6.16. The summed E-state index contributed by atoms with van der Waals surface area (Å²) in [6, 6.07) is 5.91. The highest BCUT2D eigenvalue weighted by Crippen LogP contribution is 2.37. The third-order valence-corrected chi connectivity index (χ3v) is 2.90. The number of amides is 1. The Morgan fingerprint density at radius 2 is 2.17 bits per heavy atom. The van der Waals surface area contributed by atoms with Crippen LogP contribution >= 0.6 is 0 Å². The Morgan fingerprint density at radius 1 is 1.33 bits per heavy atom. The largest absolute Gasteiger partial charge is 0.491 e. The molecule has 0 atom stereocenters. The zero-order valence-electron chi connectivity index (χ0n) is 11.0. The quantitative estimate of drug-likeness (QED) is 0.871. The highest BCUT2D eigenvalue weighted by atomic mass is 16.5. The number of nitrogens with zero attached hydrogens (tertiary/aromatic N) is 1. The average molecular weight is 248 g/mol. The van der Waals surface area contributed by atoms with Gasteiger partial charge in [-0.3, -0.25) is 4.79 Å². The van der Waals surface area contributed by atoms with Gasteiger partial charge in [0, 0.05) is 6.54 Å². The van der Waals surface area contributed by atoms with Crippen molar-refractivity contribution < 1.29 is 9.53 Å². The minimum absolute atomic E-state index is 0.0310. The van der Waals surface area contributed by atoms with Crippen LogP contribution in [0.4, 0.5) is 11.4 Å². The van der Waals surface area contributed by atoms with Crippen molar-refractivity contribution in [3.8, 4) is 5.75 Å². The molecule has 4 heteroatoms. The van der Waals surface area contributed by atoms with E-state index in [1.807, 2.05) is 18.2 Å². The van der Waals surface area contributed by atoms with Crippen LogP contribution in [0, 0.1) is 0 Å². The lowest BCUT2D eigenvalue weighted by Gasteiger charge is -2.31. The molecule has 0 spiro atoms. The van der Waals surface area contributed by atoms with Gasteiger partial charge in [0.15, 0.2) is 0 Å². The van der Waals surface area contributed by atoms with Crippen molar-refractivity contribution in [3.63, 3.8) is 0 Å². The normalized spacial score (nSPS) is 14.1. The predicted molar refractivity (Wildman–Crippen MR) is 73.4 cm³/mol. The Labute approximate surface area is 108 Å². The summed E-state index contributed by atoms with van der Waals surface area (Å²) in [6.07, 6.45) is 1.98. The summed E-state index contributed by atoms with van der Waals surface area (Å²) in [4.78, 5) is 13.8. The van der Waals surface area contributed by atoms with Gasteiger partial charge in [-0.2, -0.15) is 0 Å². The number of nitrogens with one attached hydrogen (secondary N) is 1. The first-order chi connectivity index (χ1) is 8.76. The molecule has 0 saturated carbocycles. The number of fused-ring (bicyclic) bond motifs is 1. The van der Waals surface area contributed by atoms with Crippen LogP contribution in [0.1, 0.15) is 26.7 Å². The molecular weight excluding hydrogens is 228 g/mol. The summed E-state index contributed by atoms with van der Waals surface area (Å²) >= 11 is 0. The zero-order chi connectivity index (χ0) is 13.0. The predicted octanol–water partition coefficient (Wildman–Crippen LogP) is 2.64.